The van der Waals surface area contributed by atoms with E-state index >= 15 is 0 Å². The van der Waals surface area contributed by atoms with Gasteiger partial charge in [0.25, 0.3) is 0 Å². The number of carbonyl (C=O) groups is 1. The van der Waals surface area contributed by atoms with Gasteiger partial charge in [-0.3, -0.25) is 4.79 Å². The number of aliphatic hydroxyl groups excluding tert-OH is 1. The fourth-order valence-electron chi connectivity index (χ4n) is 6.16. The van der Waals surface area contributed by atoms with Gasteiger partial charge in [-0.25, -0.2) is 4.79 Å². The van der Waals surface area contributed by atoms with E-state index in [2.05, 4.69) is 36.3 Å². The van der Waals surface area contributed by atoms with Gasteiger partial charge < -0.3 is 25.3 Å². The van der Waals surface area contributed by atoms with Crippen molar-refractivity contribution in [2.24, 2.45) is 0 Å². The number of carbonyl (C=O) groups excluding carboxylic acids is 1. The number of aromatic amines is 1. The number of phenols is 1. The smallest absolute Gasteiger partial charge is 0.347 e. The first-order valence-electron chi connectivity index (χ1n) is 14.5. The van der Waals surface area contributed by atoms with E-state index in [9.17, 15) is 19.8 Å². The Morgan fingerprint density at radius 2 is 1.67 bits per heavy atom. The Morgan fingerprint density at radius 3 is 2.38 bits per heavy atom. The number of esters is 1. The summed E-state index contributed by atoms with van der Waals surface area (Å²) in [4.78, 5) is 28.1. The molecule has 0 fully saturated rings. The van der Waals surface area contributed by atoms with Gasteiger partial charge in [-0.1, -0.05) is 62.4 Å². The second-order valence-electron chi connectivity index (χ2n) is 11.0. The highest BCUT2D eigenvalue weighted by atomic mass is 16.5. The fraction of sp³-hybridized carbons (Fsp3) is 0.257. The number of phenolic OH excluding ortho intramolecular Hbond substituents is 1. The Kier molecular flexibility index (Phi) is 7.54. The molecule has 4 N–H and O–H groups in total. The molecular formula is C35H34N2O5. The summed E-state index contributed by atoms with van der Waals surface area (Å²) in [6, 6.07) is 21.7. The van der Waals surface area contributed by atoms with Crippen LogP contribution in [0.1, 0.15) is 58.1 Å². The molecular weight excluding hydrogens is 528 g/mol. The zero-order valence-corrected chi connectivity index (χ0v) is 23.7. The highest BCUT2D eigenvalue weighted by molar-refractivity contribution is 6.02. The SMILES string of the molecule is CCc1cc2c(cc1CC)CC(NCC(O)c1ccc(OC(=O)c3ccc4ccccc4c3O)c3[nH]c(=O)ccc13)C2. The topological polar surface area (TPSA) is 112 Å². The lowest BCUT2D eigenvalue weighted by Crippen LogP contribution is -2.33. The standard InChI is InChI=1S/C35H34N2O5/c1-3-20-15-23-17-25(18-24(23)16-21(20)4-2)36-19-30(38)27-11-13-31(33-28(27)12-14-32(39)37-33)42-35(41)29-10-9-22-7-5-6-8-26(22)34(29)40/h5-16,25,30,36,38,40H,3-4,17-19H2,1-2H3,(H,37,39). The zero-order chi connectivity index (χ0) is 29.4. The van der Waals surface area contributed by atoms with Crippen LogP contribution in [0.4, 0.5) is 0 Å². The largest absolute Gasteiger partial charge is 0.506 e. The molecule has 0 saturated carbocycles. The second-order valence-corrected chi connectivity index (χ2v) is 11.0. The minimum atomic E-state index is -0.853. The van der Waals surface area contributed by atoms with Crippen LogP contribution in [0.2, 0.25) is 0 Å². The lowest BCUT2D eigenvalue weighted by Gasteiger charge is -2.19. The van der Waals surface area contributed by atoms with E-state index in [1.807, 2.05) is 12.1 Å². The molecule has 0 saturated heterocycles. The molecule has 1 unspecified atom stereocenters. The average molecular weight is 563 g/mol. The molecule has 1 aliphatic rings. The molecule has 0 spiro atoms. The van der Waals surface area contributed by atoms with E-state index in [4.69, 9.17) is 4.74 Å². The maximum Gasteiger partial charge on any atom is 0.347 e. The normalized spacial score (nSPS) is 13.9. The minimum Gasteiger partial charge on any atom is -0.506 e. The predicted octanol–water partition coefficient (Wildman–Crippen LogP) is 5.52. The summed E-state index contributed by atoms with van der Waals surface area (Å²) in [6.07, 6.45) is 3.04. The van der Waals surface area contributed by atoms with Crippen molar-refractivity contribution < 1.29 is 19.7 Å². The first-order chi connectivity index (χ1) is 20.4. The van der Waals surface area contributed by atoms with E-state index < -0.39 is 12.1 Å². The van der Waals surface area contributed by atoms with Gasteiger partial charge in [0.1, 0.15) is 11.3 Å². The van der Waals surface area contributed by atoms with Gasteiger partial charge in [0.2, 0.25) is 5.56 Å². The molecule has 0 amide bonds. The van der Waals surface area contributed by atoms with E-state index in [1.54, 1.807) is 36.4 Å². The fourth-order valence-corrected chi connectivity index (χ4v) is 6.16. The lowest BCUT2D eigenvalue weighted by molar-refractivity contribution is 0.0734. The number of fused-ring (bicyclic) bond motifs is 3. The van der Waals surface area contributed by atoms with Crippen molar-refractivity contribution in [1.29, 1.82) is 0 Å². The van der Waals surface area contributed by atoms with E-state index in [-0.39, 0.29) is 28.7 Å². The predicted molar refractivity (Wildman–Crippen MR) is 164 cm³/mol. The van der Waals surface area contributed by atoms with Crippen LogP contribution in [-0.2, 0) is 25.7 Å². The third-order valence-corrected chi connectivity index (χ3v) is 8.39. The van der Waals surface area contributed by atoms with E-state index in [0.29, 0.717) is 28.4 Å². The molecule has 7 nitrogen and oxygen atoms in total. The first kappa shape index (κ1) is 27.7. The van der Waals surface area contributed by atoms with Gasteiger partial charge in [-0.15, -0.1) is 0 Å². The maximum absolute atomic E-state index is 13.1. The number of benzene rings is 4. The van der Waals surface area contributed by atoms with Crippen molar-refractivity contribution in [3.63, 3.8) is 0 Å². The van der Waals surface area contributed by atoms with Crippen LogP contribution >= 0.6 is 0 Å². The number of pyridine rings is 1. The highest BCUT2D eigenvalue weighted by Gasteiger charge is 2.24. The number of ether oxygens (including phenoxy) is 1. The van der Waals surface area contributed by atoms with Crippen LogP contribution in [0.15, 0.2) is 77.6 Å². The van der Waals surface area contributed by atoms with Crippen LogP contribution in [-0.4, -0.2) is 33.8 Å². The lowest BCUT2D eigenvalue weighted by atomic mass is 9.97. The van der Waals surface area contributed by atoms with Crippen molar-refractivity contribution >= 4 is 27.6 Å². The highest BCUT2D eigenvalue weighted by Crippen LogP contribution is 2.33. The summed E-state index contributed by atoms with van der Waals surface area (Å²) in [5, 5.41) is 27.4. The number of H-pyrrole nitrogens is 1. The number of rotatable bonds is 8. The maximum atomic E-state index is 13.1. The Hall–Kier alpha value is -4.46. The van der Waals surface area contributed by atoms with E-state index in [0.717, 1.165) is 31.1 Å². The third kappa shape index (κ3) is 5.17. The average Bonchev–Trinajstić information content (AvgIpc) is 3.41. The summed E-state index contributed by atoms with van der Waals surface area (Å²) in [5.74, 6) is -0.786. The molecule has 42 heavy (non-hydrogen) atoms. The molecule has 1 aromatic heterocycles. The molecule has 7 heteroatoms. The van der Waals surface area contributed by atoms with Crippen LogP contribution in [0.3, 0.4) is 0 Å². The molecule has 214 valence electrons. The third-order valence-electron chi connectivity index (χ3n) is 8.39. The Bertz CT molecular complexity index is 1840. The van der Waals surface area contributed by atoms with Crippen molar-refractivity contribution in [3.8, 4) is 11.5 Å². The van der Waals surface area contributed by atoms with Gasteiger partial charge >= 0.3 is 5.97 Å². The summed E-state index contributed by atoms with van der Waals surface area (Å²) in [7, 11) is 0. The number of nitrogens with one attached hydrogen (secondary N) is 2. The van der Waals surface area contributed by atoms with Gasteiger partial charge in [-0.2, -0.15) is 0 Å². The quantitative estimate of drug-likeness (QED) is 0.146. The second kappa shape index (κ2) is 11.4. The van der Waals surface area contributed by atoms with Gasteiger partial charge in [0.15, 0.2) is 5.75 Å². The van der Waals surface area contributed by atoms with Crippen molar-refractivity contribution in [2.45, 2.75) is 51.7 Å². The molecule has 5 aromatic rings. The van der Waals surface area contributed by atoms with Crippen LogP contribution in [0.25, 0.3) is 21.7 Å². The van der Waals surface area contributed by atoms with Crippen molar-refractivity contribution in [1.82, 2.24) is 10.3 Å². The van der Waals surface area contributed by atoms with Crippen molar-refractivity contribution in [2.75, 3.05) is 6.54 Å². The molecule has 0 aliphatic heterocycles. The Morgan fingerprint density at radius 1 is 0.952 bits per heavy atom. The number of aliphatic hydroxyl groups is 1. The van der Waals surface area contributed by atoms with Crippen molar-refractivity contribution in [3.05, 3.63) is 117 Å². The molecule has 1 atom stereocenters. The van der Waals surface area contributed by atoms with E-state index in [1.165, 1.54) is 34.4 Å². The van der Waals surface area contributed by atoms with Crippen LogP contribution < -0.4 is 15.6 Å². The Balaban J connectivity index is 1.21. The summed E-state index contributed by atoms with van der Waals surface area (Å²) >= 11 is 0. The number of aromatic hydroxyl groups is 1. The summed E-state index contributed by atoms with van der Waals surface area (Å²) in [5.41, 5.74) is 6.15. The number of hydrogen-bond donors (Lipinski definition) is 4. The minimum absolute atomic E-state index is 0.0168. The molecule has 0 radical (unpaired) electrons. The summed E-state index contributed by atoms with van der Waals surface area (Å²) < 4.78 is 5.68. The molecule has 1 aliphatic carbocycles. The molecule has 0 bridgehead atoms. The van der Waals surface area contributed by atoms with Gasteiger partial charge in [0.05, 0.1) is 11.6 Å². The monoisotopic (exact) mass is 562 g/mol. The number of hydrogen-bond acceptors (Lipinski definition) is 6. The number of aryl methyl sites for hydroxylation is 2. The van der Waals surface area contributed by atoms with Crippen LogP contribution in [0.5, 0.6) is 11.5 Å². The molecule has 6 rings (SSSR count). The van der Waals surface area contributed by atoms with Gasteiger partial charge in [-0.05, 0) is 77.1 Å². The number of aromatic nitrogens is 1. The zero-order valence-electron chi connectivity index (χ0n) is 23.7. The molecule has 4 aromatic carbocycles. The Labute approximate surface area is 243 Å². The summed E-state index contributed by atoms with van der Waals surface area (Å²) in [6.45, 7) is 4.72. The van der Waals surface area contributed by atoms with Crippen LogP contribution in [0, 0.1) is 0 Å². The first-order valence-corrected chi connectivity index (χ1v) is 14.5. The van der Waals surface area contributed by atoms with Gasteiger partial charge in [0, 0.05) is 29.4 Å². The molecule has 1 heterocycles.